The first-order valence-corrected chi connectivity index (χ1v) is 7.46. The van der Waals surface area contributed by atoms with E-state index in [4.69, 9.17) is 14.6 Å². The van der Waals surface area contributed by atoms with Crippen LogP contribution in [-0.2, 0) is 35.7 Å². The molecule has 0 amide bonds. The number of nitrogens with two attached hydrogens (primary N) is 1. The summed E-state index contributed by atoms with van der Waals surface area (Å²) in [5.41, 5.74) is 0.567. The van der Waals surface area contributed by atoms with Crippen molar-refractivity contribution in [3.05, 3.63) is 39.9 Å². The van der Waals surface area contributed by atoms with Crippen LogP contribution < -0.4 is 5.14 Å². The van der Waals surface area contributed by atoms with Gasteiger partial charge in [-0.05, 0) is 17.7 Å². The van der Waals surface area contributed by atoms with Crippen LogP contribution in [0, 0.1) is 10.1 Å². The fourth-order valence-corrected chi connectivity index (χ4v) is 1.82. The van der Waals surface area contributed by atoms with E-state index in [9.17, 15) is 23.3 Å². The molecule has 11 heteroatoms. The van der Waals surface area contributed by atoms with Crippen molar-refractivity contribution in [2.45, 2.75) is 11.5 Å². The van der Waals surface area contributed by atoms with Crippen LogP contribution in [0.5, 0.6) is 0 Å². The molecule has 0 fully saturated rings. The largest absolute Gasteiger partial charge is 0.459 e. The Morgan fingerprint density at radius 2 is 1.86 bits per heavy atom. The normalized spacial score (nSPS) is 11.0. The second kappa shape index (κ2) is 8.26. The molecule has 0 heterocycles. The summed E-state index contributed by atoms with van der Waals surface area (Å²) < 4.78 is 31.8. The minimum Gasteiger partial charge on any atom is -0.459 e. The van der Waals surface area contributed by atoms with Gasteiger partial charge in [0.25, 0.3) is 5.09 Å². The molecule has 1 rings (SSSR count). The molecule has 1 aromatic rings. The van der Waals surface area contributed by atoms with E-state index in [0.29, 0.717) is 5.56 Å². The van der Waals surface area contributed by atoms with E-state index in [1.807, 2.05) is 0 Å². The molecule has 0 aliphatic rings. The van der Waals surface area contributed by atoms with Gasteiger partial charge in [-0.2, -0.15) is 0 Å². The highest BCUT2D eigenvalue weighted by molar-refractivity contribution is 7.89. The lowest BCUT2D eigenvalue weighted by Gasteiger charge is -2.06. The van der Waals surface area contributed by atoms with E-state index in [0.717, 1.165) is 0 Å². The molecular weight excluding hydrogens is 320 g/mol. The highest BCUT2D eigenvalue weighted by Gasteiger charge is 2.08. The fourth-order valence-electron chi connectivity index (χ4n) is 1.31. The van der Waals surface area contributed by atoms with Gasteiger partial charge in [0.1, 0.15) is 19.8 Å². The summed E-state index contributed by atoms with van der Waals surface area (Å²) >= 11 is 0. The Labute approximate surface area is 125 Å². The van der Waals surface area contributed by atoms with Crippen molar-refractivity contribution in [2.24, 2.45) is 5.14 Å². The Morgan fingerprint density at radius 3 is 2.41 bits per heavy atom. The molecule has 0 saturated heterocycles. The molecule has 1 aromatic carbocycles. The van der Waals surface area contributed by atoms with Gasteiger partial charge in [0.05, 0.1) is 11.5 Å². The Bertz CT molecular complexity index is 613. The predicted octanol–water partition coefficient (Wildman–Crippen LogP) is -0.398. The Balaban J connectivity index is 2.28. The summed E-state index contributed by atoms with van der Waals surface area (Å²) in [6.45, 7) is -0.858. The predicted molar refractivity (Wildman–Crippen MR) is 71.4 cm³/mol. The van der Waals surface area contributed by atoms with Gasteiger partial charge >= 0.3 is 5.97 Å². The quantitative estimate of drug-likeness (QED) is 0.277. The van der Waals surface area contributed by atoms with E-state index >= 15 is 0 Å². The standard InChI is InChI=1S/C11H14N2O8S/c12-22(17,18)10-3-1-9(2-4-10)7-20-11(14)8-19-5-6-21-13(15)16/h1-4H,5-8H2,(H2,12,17,18). The third-order valence-corrected chi connectivity index (χ3v) is 3.23. The van der Waals surface area contributed by atoms with Gasteiger partial charge in [-0.15, -0.1) is 10.1 Å². The van der Waals surface area contributed by atoms with Crippen molar-refractivity contribution >= 4 is 16.0 Å². The van der Waals surface area contributed by atoms with Crippen LogP contribution in [0.15, 0.2) is 29.2 Å². The first-order valence-electron chi connectivity index (χ1n) is 5.91. The molecule has 0 atom stereocenters. The fraction of sp³-hybridized carbons (Fsp3) is 0.364. The van der Waals surface area contributed by atoms with Gasteiger partial charge in [-0.1, -0.05) is 12.1 Å². The summed E-state index contributed by atoms with van der Waals surface area (Å²) in [5.74, 6) is -0.670. The maximum atomic E-state index is 11.3. The number of esters is 1. The van der Waals surface area contributed by atoms with Crippen molar-refractivity contribution in [3.8, 4) is 0 Å². The monoisotopic (exact) mass is 334 g/mol. The number of sulfonamides is 1. The van der Waals surface area contributed by atoms with Gasteiger partial charge in [0.2, 0.25) is 10.0 Å². The zero-order valence-electron chi connectivity index (χ0n) is 11.3. The first kappa shape index (κ1) is 17.8. The van der Waals surface area contributed by atoms with E-state index < -0.39 is 21.1 Å². The molecule has 0 aliphatic heterocycles. The zero-order chi connectivity index (χ0) is 16.6. The molecule has 0 radical (unpaired) electrons. The number of primary sulfonamides is 1. The van der Waals surface area contributed by atoms with Gasteiger partial charge in [0.15, 0.2) is 0 Å². The topological polar surface area (TPSA) is 148 Å². The number of ether oxygens (including phenoxy) is 2. The first-order chi connectivity index (χ1) is 10.3. The second-order valence-corrected chi connectivity index (χ2v) is 5.52. The lowest BCUT2D eigenvalue weighted by Crippen LogP contribution is -2.16. The molecule has 0 bridgehead atoms. The van der Waals surface area contributed by atoms with Crippen molar-refractivity contribution in [2.75, 3.05) is 19.8 Å². The van der Waals surface area contributed by atoms with E-state index in [-0.39, 0.29) is 31.3 Å². The molecule has 0 saturated carbocycles. The molecule has 0 unspecified atom stereocenters. The maximum absolute atomic E-state index is 11.3. The van der Waals surface area contributed by atoms with Crippen LogP contribution in [-0.4, -0.2) is 39.3 Å². The van der Waals surface area contributed by atoms with Gasteiger partial charge in [-0.25, -0.2) is 18.4 Å². The Kier molecular flexibility index (Phi) is 6.69. The number of carbonyl (C=O) groups excluding carboxylic acids is 1. The highest BCUT2D eigenvalue weighted by Crippen LogP contribution is 2.09. The third kappa shape index (κ3) is 6.97. The van der Waals surface area contributed by atoms with Crippen LogP contribution in [0.1, 0.15) is 5.56 Å². The third-order valence-electron chi connectivity index (χ3n) is 2.30. The summed E-state index contributed by atoms with van der Waals surface area (Å²) in [4.78, 5) is 25.1. The van der Waals surface area contributed by atoms with Crippen LogP contribution in [0.4, 0.5) is 0 Å². The highest BCUT2D eigenvalue weighted by atomic mass is 32.2. The minimum absolute atomic E-state index is 0.0447. The van der Waals surface area contributed by atoms with E-state index in [1.54, 1.807) is 0 Å². The van der Waals surface area contributed by atoms with Crippen LogP contribution in [0.3, 0.4) is 0 Å². The number of hydrogen-bond acceptors (Lipinski definition) is 8. The van der Waals surface area contributed by atoms with E-state index in [2.05, 4.69) is 4.84 Å². The van der Waals surface area contributed by atoms with Crippen molar-refractivity contribution < 1.29 is 32.6 Å². The van der Waals surface area contributed by atoms with Crippen molar-refractivity contribution in [1.29, 1.82) is 0 Å². The summed E-state index contributed by atoms with van der Waals surface area (Å²) in [6, 6.07) is 5.51. The number of rotatable bonds is 9. The van der Waals surface area contributed by atoms with Crippen molar-refractivity contribution in [3.63, 3.8) is 0 Å². The molecule has 0 aromatic heterocycles. The zero-order valence-corrected chi connectivity index (χ0v) is 12.2. The molecule has 10 nitrogen and oxygen atoms in total. The van der Waals surface area contributed by atoms with Gasteiger partial charge in [-0.3, -0.25) is 0 Å². The lowest BCUT2D eigenvalue weighted by atomic mass is 10.2. The molecule has 2 N–H and O–H groups in total. The number of benzene rings is 1. The lowest BCUT2D eigenvalue weighted by molar-refractivity contribution is -0.758. The number of hydrogen-bond donors (Lipinski definition) is 1. The number of carbonyl (C=O) groups is 1. The van der Waals surface area contributed by atoms with Crippen LogP contribution in [0.2, 0.25) is 0 Å². The Morgan fingerprint density at radius 1 is 1.23 bits per heavy atom. The van der Waals surface area contributed by atoms with Gasteiger partial charge in [0, 0.05) is 0 Å². The summed E-state index contributed by atoms with van der Waals surface area (Å²) in [6.07, 6.45) is 0. The van der Waals surface area contributed by atoms with E-state index in [1.165, 1.54) is 24.3 Å². The van der Waals surface area contributed by atoms with Crippen LogP contribution >= 0.6 is 0 Å². The summed E-state index contributed by atoms with van der Waals surface area (Å²) in [7, 11) is -3.76. The number of nitrogens with zero attached hydrogens (tertiary/aromatic N) is 1. The average Bonchev–Trinajstić information content (AvgIpc) is 2.44. The molecule has 122 valence electrons. The smallest absolute Gasteiger partial charge is 0.332 e. The van der Waals surface area contributed by atoms with Crippen molar-refractivity contribution in [1.82, 2.24) is 0 Å². The average molecular weight is 334 g/mol. The molecule has 22 heavy (non-hydrogen) atoms. The Hall–Kier alpha value is -2.24. The van der Waals surface area contributed by atoms with Gasteiger partial charge < -0.3 is 14.3 Å². The second-order valence-electron chi connectivity index (χ2n) is 3.96. The molecule has 0 aliphatic carbocycles. The summed E-state index contributed by atoms with van der Waals surface area (Å²) in [5, 5.41) is 13.8. The maximum Gasteiger partial charge on any atom is 0.332 e. The van der Waals surface area contributed by atoms with Crippen LogP contribution in [0.25, 0.3) is 0 Å². The molecular formula is C11H14N2O8S. The SMILES string of the molecule is NS(=O)(=O)c1ccc(COC(=O)COCCO[N+](=O)[O-])cc1. The molecule has 0 spiro atoms. The minimum atomic E-state index is -3.76.